The number of halogens is 3. The maximum absolute atomic E-state index is 12.7. The molecule has 1 rings (SSSR count). The Kier molecular flexibility index (Phi) is 3.12. The molecule has 0 bridgehead atoms. The van der Waals surface area contributed by atoms with Gasteiger partial charge in [-0.3, -0.25) is 0 Å². The van der Waals surface area contributed by atoms with Crippen molar-refractivity contribution in [3.63, 3.8) is 0 Å². The first kappa shape index (κ1) is 11.7. The van der Waals surface area contributed by atoms with Gasteiger partial charge in [0.1, 0.15) is 17.1 Å². The van der Waals surface area contributed by atoms with E-state index in [0.29, 0.717) is 5.56 Å². The van der Waals surface area contributed by atoms with Crippen LogP contribution in [0.3, 0.4) is 0 Å². The third-order valence-electron chi connectivity index (χ3n) is 1.93. The van der Waals surface area contributed by atoms with Gasteiger partial charge < -0.3 is 9.47 Å². The SMILES string of the molecule is COc1cc(C)cc(OC)c1C(F)(F)F. The van der Waals surface area contributed by atoms with Crippen molar-refractivity contribution in [2.24, 2.45) is 0 Å². The second-order valence-corrected chi connectivity index (χ2v) is 3.04. The van der Waals surface area contributed by atoms with Crippen LogP contribution in [0.1, 0.15) is 11.1 Å². The van der Waals surface area contributed by atoms with Crippen LogP contribution in [0.25, 0.3) is 0 Å². The van der Waals surface area contributed by atoms with Crippen molar-refractivity contribution in [1.29, 1.82) is 0 Å². The van der Waals surface area contributed by atoms with Crippen LogP contribution in [0.5, 0.6) is 11.5 Å². The average Bonchev–Trinajstić information content (AvgIpc) is 2.14. The van der Waals surface area contributed by atoms with Crippen LogP contribution in [0, 0.1) is 6.92 Å². The third-order valence-corrected chi connectivity index (χ3v) is 1.93. The molecule has 0 aliphatic carbocycles. The van der Waals surface area contributed by atoms with E-state index in [4.69, 9.17) is 9.47 Å². The largest absolute Gasteiger partial charge is 0.496 e. The fourth-order valence-corrected chi connectivity index (χ4v) is 1.32. The maximum atomic E-state index is 12.7. The van der Waals surface area contributed by atoms with E-state index in [0.717, 1.165) is 0 Å². The Bertz CT molecular complexity index is 333. The van der Waals surface area contributed by atoms with Crippen molar-refractivity contribution < 1.29 is 22.6 Å². The number of aryl methyl sites for hydroxylation is 1. The van der Waals surface area contributed by atoms with Gasteiger partial charge in [0.25, 0.3) is 0 Å². The molecule has 0 spiro atoms. The zero-order valence-electron chi connectivity index (χ0n) is 8.61. The van der Waals surface area contributed by atoms with Crippen LogP contribution in [0.15, 0.2) is 12.1 Å². The number of rotatable bonds is 2. The molecule has 0 aromatic heterocycles. The highest BCUT2D eigenvalue weighted by molar-refractivity contribution is 5.49. The molecule has 84 valence electrons. The summed E-state index contributed by atoms with van der Waals surface area (Å²) in [6.07, 6.45) is -4.48. The lowest BCUT2D eigenvalue weighted by Gasteiger charge is -2.16. The smallest absolute Gasteiger partial charge is 0.423 e. The molecule has 0 saturated heterocycles. The second-order valence-electron chi connectivity index (χ2n) is 3.04. The Morgan fingerprint density at radius 1 is 1.00 bits per heavy atom. The fraction of sp³-hybridized carbons (Fsp3) is 0.400. The molecule has 0 aliphatic rings. The first-order valence-corrected chi connectivity index (χ1v) is 4.20. The molecule has 1 aromatic rings. The Labute approximate surface area is 85.6 Å². The van der Waals surface area contributed by atoms with Crippen LogP contribution >= 0.6 is 0 Å². The average molecular weight is 220 g/mol. The Balaban J connectivity index is 3.44. The molecule has 0 fully saturated rings. The summed E-state index contributed by atoms with van der Waals surface area (Å²) in [6, 6.07) is 2.65. The normalized spacial score (nSPS) is 11.3. The maximum Gasteiger partial charge on any atom is 0.423 e. The summed E-state index contributed by atoms with van der Waals surface area (Å²) in [6.45, 7) is 1.67. The van der Waals surface area contributed by atoms with E-state index in [1.54, 1.807) is 6.92 Å². The molecular formula is C10H11F3O2. The highest BCUT2D eigenvalue weighted by Gasteiger charge is 2.38. The molecule has 0 saturated carbocycles. The minimum Gasteiger partial charge on any atom is -0.496 e. The lowest BCUT2D eigenvalue weighted by atomic mass is 10.1. The summed E-state index contributed by atoms with van der Waals surface area (Å²) in [5, 5.41) is 0. The fourth-order valence-electron chi connectivity index (χ4n) is 1.32. The predicted octanol–water partition coefficient (Wildman–Crippen LogP) is 3.03. The number of alkyl halides is 3. The van der Waals surface area contributed by atoms with Crippen molar-refractivity contribution in [2.45, 2.75) is 13.1 Å². The van der Waals surface area contributed by atoms with E-state index in [2.05, 4.69) is 0 Å². The summed E-state index contributed by atoms with van der Waals surface area (Å²) in [5.74, 6) is -0.446. The van der Waals surface area contributed by atoms with Gasteiger partial charge in [-0.05, 0) is 24.6 Å². The molecule has 0 unspecified atom stereocenters. The molecule has 0 N–H and O–H groups in total. The number of ether oxygens (including phenoxy) is 2. The topological polar surface area (TPSA) is 18.5 Å². The summed E-state index contributed by atoms with van der Waals surface area (Å²) >= 11 is 0. The molecule has 1 aromatic carbocycles. The molecule has 5 heteroatoms. The van der Waals surface area contributed by atoms with Crippen LogP contribution in [-0.4, -0.2) is 14.2 Å². The number of methoxy groups -OCH3 is 2. The van der Waals surface area contributed by atoms with Crippen LogP contribution in [-0.2, 0) is 6.18 Å². The molecule has 0 radical (unpaired) electrons. The molecule has 0 atom stereocenters. The van der Waals surface area contributed by atoms with Crippen molar-refractivity contribution in [3.8, 4) is 11.5 Å². The van der Waals surface area contributed by atoms with Gasteiger partial charge >= 0.3 is 6.18 Å². The van der Waals surface area contributed by atoms with Crippen LogP contribution in [0.4, 0.5) is 13.2 Å². The van der Waals surface area contributed by atoms with Gasteiger partial charge in [0, 0.05) is 0 Å². The first-order valence-electron chi connectivity index (χ1n) is 4.20. The van der Waals surface area contributed by atoms with E-state index >= 15 is 0 Å². The predicted molar refractivity (Wildman–Crippen MR) is 49.3 cm³/mol. The minimum atomic E-state index is -4.48. The van der Waals surface area contributed by atoms with E-state index in [-0.39, 0.29) is 11.5 Å². The van der Waals surface area contributed by atoms with Gasteiger partial charge in [0.05, 0.1) is 14.2 Å². The van der Waals surface area contributed by atoms with Gasteiger partial charge in [-0.15, -0.1) is 0 Å². The van der Waals surface area contributed by atoms with E-state index in [1.165, 1.54) is 26.4 Å². The highest BCUT2D eigenvalue weighted by atomic mass is 19.4. The number of hydrogen-bond donors (Lipinski definition) is 0. The second kappa shape index (κ2) is 4.00. The zero-order chi connectivity index (χ0) is 11.6. The van der Waals surface area contributed by atoms with Crippen LogP contribution < -0.4 is 9.47 Å². The van der Waals surface area contributed by atoms with Crippen molar-refractivity contribution >= 4 is 0 Å². The minimum absolute atomic E-state index is 0.223. The van der Waals surface area contributed by atoms with Crippen LogP contribution in [0.2, 0.25) is 0 Å². The van der Waals surface area contributed by atoms with Crippen molar-refractivity contribution in [3.05, 3.63) is 23.3 Å². The highest BCUT2D eigenvalue weighted by Crippen LogP contribution is 2.42. The van der Waals surface area contributed by atoms with Gasteiger partial charge in [-0.25, -0.2) is 0 Å². The number of benzene rings is 1. The Morgan fingerprint density at radius 2 is 1.40 bits per heavy atom. The Morgan fingerprint density at radius 3 is 1.67 bits per heavy atom. The first-order chi connectivity index (χ1) is 6.90. The molecule has 0 amide bonds. The lowest BCUT2D eigenvalue weighted by Crippen LogP contribution is -2.10. The van der Waals surface area contributed by atoms with E-state index in [1.807, 2.05) is 0 Å². The van der Waals surface area contributed by atoms with E-state index < -0.39 is 11.7 Å². The summed E-state index contributed by atoms with van der Waals surface area (Å²) < 4.78 is 47.4. The Hall–Kier alpha value is -1.39. The molecular weight excluding hydrogens is 209 g/mol. The molecule has 0 heterocycles. The summed E-state index contributed by atoms with van der Waals surface area (Å²) in [5.41, 5.74) is -0.227. The third kappa shape index (κ3) is 2.34. The van der Waals surface area contributed by atoms with Crippen molar-refractivity contribution in [1.82, 2.24) is 0 Å². The van der Waals surface area contributed by atoms with Gasteiger partial charge in [-0.1, -0.05) is 0 Å². The lowest BCUT2D eigenvalue weighted by molar-refractivity contribution is -0.139. The van der Waals surface area contributed by atoms with E-state index in [9.17, 15) is 13.2 Å². The van der Waals surface area contributed by atoms with Gasteiger partial charge in [-0.2, -0.15) is 13.2 Å². The quantitative estimate of drug-likeness (QED) is 0.762. The summed E-state index contributed by atoms with van der Waals surface area (Å²) in [4.78, 5) is 0. The molecule has 15 heavy (non-hydrogen) atoms. The zero-order valence-corrected chi connectivity index (χ0v) is 8.61. The van der Waals surface area contributed by atoms with Gasteiger partial charge in [0.15, 0.2) is 0 Å². The summed E-state index contributed by atoms with van der Waals surface area (Å²) in [7, 11) is 2.40. The monoisotopic (exact) mass is 220 g/mol. The van der Waals surface area contributed by atoms with Crippen molar-refractivity contribution in [2.75, 3.05) is 14.2 Å². The molecule has 0 aliphatic heterocycles. The standard InChI is InChI=1S/C10H11F3O2/c1-6-4-7(14-2)9(10(11,12)13)8(5-6)15-3/h4-5H,1-3H3. The number of hydrogen-bond acceptors (Lipinski definition) is 2. The molecule has 2 nitrogen and oxygen atoms in total. The van der Waals surface area contributed by atoms with Gasteiger partial charge in [0.2, 0.25) is 0 Å².